The molecule has 1 aromatic heterocycles. The van der Waals surface area contributed by atoms with E-state index in [0.717, 1.165) is 55.9 Å². The molecule has 19 heavy (non-hydrogen) atoms. The van der Waals surface area contributed by atoms with Crippen molar-refractivity contribution in [3.05, 3.63) is 18.0 Å². The van der Waals surface area contributed by atoms with Crippen LogP contribution in [0.3, 0.4) is 0 Å². The Labute approximate surface area is 116 Å². The summed E-state index contributed by atoms with van der Waals surface area (Å²) in [6.07, 6.45) is 6.32. The normalized spacial score (nSPS) is 19.4. The Balaban J connectivity index is 1.88. The molecule has 1 fully saturated rings. The van der Waals surface area contributed by atoms with Crippen LogP contribution >= 0.6 is 0 Å². The van der Waals surface area contributed by atoms with E-state index >= 15 is 0 Å². The zero-order valence-corrected chi connectivity index (χ0v) is 12.4. The van der Waals surface area contributed by atoms with Crippen LogP contribution in [0.4, 0.5) is 5.95 Å². The van der Waals surface area contributed by atoms with Crippen molar-refractivity contribution in [3.8, 4) is 0 Å². The highest BCUT2D eigenvalue weighted by atomic mass is 15.3. The molecule has 0 radical (unpaired) electrons. The van der Waals surface area contributed by atoms with Gasteiger partial charge in [-0.15, -0.1) is 0 Å². The van der Waals surface area contributed by atoms with Crippen molar-refractivity contribution < 1.29 is 0 Å². The summed E-state index contributed by atoms with van der Waals surface area (Å²) in [6.45, 7) is 10.9. The average Bonchev–Trinajstić information content (AvgIpc) is 2.90. The molecular formula is C15H26N4. The largest absolute Gasteiger partial charge is 0.341 e. The molecule has 1 aliphatic rings. The first-order valence-corrected chi connectivity index (χ1v) is 7.47. The number of rotatable bonds is 6. The van der Waals surface area contributed by atoms with Gasteiger partial charge in [0.05, 0.1) is 0 Å². The summed E-state index contributed by atoms with van der Waals surface area (Å²) in [5, 5.41) is 3.37. The molecule has 0 saturated carbocycles. The minimum Gasteiger partial charge on any atom is -0.341 e. The number of hydrogen-bond acceptors (Lipinski definition) is 4. The zero-order valence-electron chi connectivity index (χ0n) is 12.4. The first kappa shape index (κ1) is 14.3. The molecule has 1 atom stereocenters. The molecule has 2 rings (SSSR count). The highest BCUT2D eigenvalue weighted by molar-refractivity contribution is 5.31. The lowest BCUT2D eigenvalue weighted by molar-refractivity contribution is 0.422. The molecule has 1 N–H and O–H groups in total. The second-order valence-electron chi connectivity index (χ2n) is 5.81. The number of aromatic nitrogens is 2. The van der Waals surface area contributed by atoms with Crippen LogP contribution in [0, 0.1) is 11.8 Å². The van der Waals surface area contributed by atoms with E-state index in [1.54, 1.807) is 0 Å². The number of anilines is 1. The molecular weight excluding hydrogens is 236 g/mol. The lowest BCUT2D eigenvalue weighted by Gasteiger charge is -2.18. The predicted octanol–water partition coefficient (Wildman–Crippen LogP) is 2.46. The quantitative estimate of drug-likeness (QED) is 0.800. The SMILES string of the molecule is CCCNCc1cnc(N2CCC(C(C)C)C2)nc1. The summed E-state index contributed by atoms with van der Waals surface area (Å²) in [4.78, 5) is 11.3. The molecule has 1 aliphatic heterocycles. The summed E-state index contributed by atoms with van der Waals surface area (Å²) in [7, 11) is 0. The van der Waals surface area contributed by atoms with Crippen LogP contribution in [0.1, 0.15) is 39.2 Å². The van der Waals surface area contributed by atoms with Crippen LogP contribution in [0.15, 0.2) is 12.4 Å². The first-order chi connectivity index (χ1) is 9.20. The summed E-state index contributed by atoms with van der Waals surface area (Å²) in [5.74, 6) is 2.43. The summed E-state index contributed by atoms with van der Waals surface area (Å²) < 4.78 is 0. The first-order valence-electron chi connectivity index (χ1n) is 7.47. The Morgan fingerprint density at radius 1 is 1.37 bits per heavy atom. The van der Waals surface area contributed by atoms with Gasteiger partial charge in [-0.25, -0.2) is 9.97 Å². The molecule has 1 aromatic rings. The lowest BCUT2D eigenvalue weighted by Crippen LogP contribution is -2.23. The number of nitrogens with one attached hydrogen (secondary N) is 1. The molecule has 4 nitrogen and oxygen atoms in total. The molecule has 0 aliphatic carbocycles. The van der Waals surface area contributed by atoms with E-state index in [4.69, 9.17) is 0 Å². The third kappa shape index (κ3) is 3.90. The predicted molar refractivity (Wildman–Crippen MR) is 79.2 cm³/mol. The molecule has 106 valence electrons. The van der Waals surface area contributed by atoms with Crippen LogP contribution in [-0.4, -0.2) is 29.6 Å². The number of nitrogens with zero attached hydrogens (tertiary/aromatic N) is 3. The van der Waals surface area contributed by atoms with E-state index in [-0.39, 0.29) is 0 Å². The van der Waals surface area contributed by atoms with Gasteiger partial charge < -0.3 is 10.2 Å². The van der Waals surface area contributed by atoms with Crippen molar-refractivity contribution >= 4 is 5.95 Å². The molecule has 0 aromatic carbocycles. The van der Waals surface area contributed by atoms with E-state index in [2.05, 4.69) is 41.0 Å². The van der Waals surface area contributed by atoms with Gasteiger partial charge in [0.15, 0.2) is 0 Å². The maximum absolute atomic E-state index is 4.51. The van der Waals surface area contributed by atoms with Crippen molar-refractivity contribution in [3.63, 3.8) is 0 Å². The number of hydrogen-bond donors (Lipinski definition) is 1. The topological polar surface area (TPSA) is 41.1 Å². The molecule has 0 bridgehead atoms. The molecule has 4 heteroatoms. The molecule has 1 saturated heterocycles. The summed E-state index contributed by atoms with van der Waals surface area (Å²) in [6, 6.07) is 0. The van der Waals surface area contributed by atoms with E-state index in [1.165, 1.54) is 6.42 Å². The van der Waals surface area contributed by atoms with E-state index in [9.17, 15) is 0 Å². The average molecular weight is 262 g/mol. The van der Waals surface area contributed by atoms with Crippen LogP contribution in [0.25, 0.3) is 0 Å². The van der Waals surface area contributed by atoms with Gasteiger partial charge in [0, 0.05) is 37.6 Å². The van der Waals surface area contributed by atoms with Crippen molar-refractivity contribution in [2.75, 3.05) is 24.5 Å². The fourth-order valence-electron chi connectivity index (χ4n) is 2.53. The lowest BCUT2D eigenvalue weighted by atomic mass is 9.95. The van der Waals surface area contributed by atoms with Crippen molar-refractivity contribution in [2.45, 2.75) is 40.2 Å². The van der Waals surface area contributed by atoms with Gasteiger partial charge >= 0.3 is 0 Å². The van der Waals surface area contributed by atoms with Crippen LogP contribution < -0.4 is 10.2 Å². The third-order valence-corrected chi connectivity index (χ3v) is 3.90. The van der Waals surface area contributed by atoms with Gasteiger partial charge in [-0.05, 0) is 31.2 Å². The minimum atomic E-state index is 0.752. The van der Waals surface area contributed by atoms with Gasteiger partial charge in [-0.1, -0.05) is 20.8 Å². The fraction of sp³-hybridized carbons (Fsp3) is 0.733. The highest BCUT2D eigenvalue weighted by Crippen LogP contribution is 2.25. The standard InChI is InChI=1S/C15H26N4/c1-4-6-16-8-13-9-17-15(18-10-13)19-7-5-14(11-19)12(2)3/h9-10,12,14,16H,4-8,11H2,1-3H3. The van der Waals surface area contributed by atoms with Crippen molar-refractivity contribution in [2.24, 2.45) is 11.8 Å². The minimum absolute atomic E-state index is 0.752. The van der Waals surface area contributed by atoms with Gasteiger partial charge in [-0.2, -0.15) is 0 Å². The van der Waals surface area contributed by atoms with E-state index in [0.29, 0.717) is 0 Å². The van der Waals surface area contributed by atoms with Crippen molar-refractivity contribution in [1.82, 2.24) is 15.3 Å². The van der Waals surface area contributed by atoms with Crippen LogP contribution in [0.5, 0.6) is 0 Å². The molecule has 0 amide bonds. The summed E-state index contributed by atoms with van der Waals surface area (Å²) in [5.41, 5.74) is 1.16. The van der Waals surface area contributed by atoms with E-state index < -0.39 is 0 Å². The van der Waals surface area contributed by atoms with Gasteiger partial charge in [0.2, 0.25) is 5.95 Å². The Bertz CT molecular complexity index is 374. The third-order valence-electron chi connectivity index (χ3n) is 3.90. The Hall–Kier alpha value is -1.16. The van der Waals surface area contributed by atoms with E-state index in [1.807, 2.05) is 12.4 Å². The molecule has 2 heterocycles. The monoisotopic (exact) mass is 262 g/mol. The highest BCUT2D eigenvalue weighted by Gasteiger charge is 2.26. The second-order valence-corrected chi connectivity index (χ2v) is 5.81. The van der Waals surface area contributed by atoms with Crippen LogP contribution in [0.2, 0.25) is 0 Å². The second kappa shape index (κ2) is 6.85. The van der Waals surface area contributed by atoms with Crippen molar-refractivity contribution in [1.29, 1.82) is 0 Å². The Kier molecular flexibility index (Phi) is 5.14. The Morgan fingerprint density at radius 2 is 2.11 bits per heavy atom. The van der Waals surface area contributed by atoms with Gasteiger partial charge in [0.1, 0.15) is 0 Å². The van der Waals surface area contributed by atoms with Crippen LogP contribution in [-0.2, 0) is 6.54 Å². The zero-order chi connectivity index (χ0) is 13.7. The summed E-state index contributed by atoms with van der Waals surface area (Å²) >= 11 is 0. The maximum atomic E-state index is 4.51. The molecule has 0 spiro atoms. The van der Waals surface area contributed by atoms with Gasteiger partial charge in [0.25, 0.3) is 0 Å². The maximum Gasteiger partial charge on any atom is 0.225 e. The Morgan fingerprint density at radius 3 is 2.68 bits per heavy atom. The molecule has 1 unspecified atom stereocenters. The smallest absolute Gasteiger partial charge is 0.225 e. The fourth-order valence-corrected chi connectivity index (χ4v) is 2.53. The van der Waals surface area contributed by atoms with Gasteiger partial charge in [-0.3, -0.25) is 0 Å².